The second-order valence-electron chi connectivity index (χ2n) is 5.40. The van der Waals surface area contributed by atoms with Gasteiger partial charge in [0.2, 0.25) is 5.90 Å². The molecule has 0 fully saturated rings. The lowest BCUT2D eigenvalue weighted by atomic mass is 10.3. The van der Waals surface area contributed by atoms with Crippen molar-refractivity contribution in [2.45, 2.75) is 39.0 Å². The molecule has 1 amide bonds. The van der Waals surface area contributed by atoms with Gasteiger partial charge in [-0.2, -0.15) is 13.4 Å². The molecule has 0 bridgehead atoms. The fourth-order valence-electron chi connectivity index (χ4n) is 2.29. The van der Waals surface area contributed by atoms with Gasteiger partial charge in [-0.1, -0.05) is 20.8 Å². The van der Waals surface area contributed by atoms with Crippen molar-refractivity contribution in [3.8, 4) is 0 Å². The first-order chi connectivity index (χ1) is 12.3. The Kier molecular flexibility index (Phi) is 8.70. The fraction of sp³-hybridized carbons (Fsp3) is 0.529. The number of rotatable bonds is 6. The Labute approximate surface area is 155 Å². The molecular formula is C17H27N3O5S. The third kappa shape index (κ3) is 6.40. The smallest absolute Gasteiger partial charge is 0.294 e. The predicted octanol–water partition coefficient (Wildman–Crippen LogP) is 2.37. The minimum atomic E-state index is -4.24. The summed E-state index contributed by atoms with van der Waals surface area (Å²) in [5, 5.41) is 5.12. The SMILES string of the molecule is CCN(CC)CC.CCOC1=NN(c2ccc(S(=O)(=O)O)cc2)C(=O)C1. The van der Waals surface area contributed by atoms with Gasteiger partial charge in [-0.15, -0.1) is 5.10 Å². The number of hydrazone groups is 1. The standard InChI is InChI=1S/C11H12N2O5S.C6H15N/c1-2-18-10-7-11(14)13(12-10)8-3-5-9(6-4-8)19(15,16)17;1-4-7(5-2)6-3/h3-6H,2,7H2,1H3,(H,15,16,17);4-6H2,1-3H3. The van der Waals surface area contributed by atoms with Crippen LogP contribution >= 0.6 is 0 Å². The number of hydrogen-bond acceptors (Lipinski definition) is 6. The van der Waals surface area contributed by atoms with E-state index in [1.807, 2.05) is 0 Å². The van der Waals surface area contributed by atoms with E-state index in [9.17, 15) is 13.2 Å². The van der Waals surface area contributed by atoms with Gasteiger partial charge in [0, 0.05) is 0 Å². The molecule has 0 atom stereocenters. The largest absolute Gasteiger partial charge is 0.480 e. The van der Waals surface area contributed by atoms with Crippen molar-refractivity contribution in [3.63, 3.8) is 0 Å². The second kappa shape index (κ2) is 10.2. The molecule has 0 unspecified atom stereocenters. The van der Waals surface area contributed by atoms with E-state index in [-0.39, 0.29) is 17.2 Å². The normalized spacial score (nSPS) is 14.2. The molecule has 0 aliphatic carbocycles. The zero-order chi connectivity index (χ0) is 19.7. The van der Waals surface area contributed by atoms with Gasteiger partial charge in [0.25, 0.3) is 16.0 Å². The lowest BCUT2D eigenvalue weighted by Gasteiger charge is -2.13. The summed E-state index contributed by atoms with van der Waals surface area (Å²) in [6.45, 7) is 12.3. The van der Waals surface area contributed by atoms with E-state index in [0.29, 0.717) is 18.2 Å². The van der Waals surface area contributed by atoms with E-state index < -0.39 is 10.1 Å². The summed E-state index contributed by atoms with van der Waals surface area (Å²) in [7, 11) is -4.24. The van der Waals surface area contributed by atoms with Crippen LogP contribution in [0.25, 0.3) is 0 Å². The third-order valence-corrected chi connectivity index (χ3v) is 4.65. The number of carbonyl (C=O) groups is 1. The summed E-state index contributed by atoms with van der Waals surface area (Å²) in [6.07, 6.45) is 0.0773. The molecule has 1 aliphatic heterocycles. The molecule has 0 aromatic heterocycles. The van der Waals surface area contributed by atoms with Crippen LogP contribution < -0.4 is 5.01 Å². The highest BCUT2D eigenvalue weighted by Gasteiger charge is 2.26. The molecule has 1 aromatic rings. The quantitative estimate of drug-likeness (QED) is 0.755. The lowest BCUT2D eigenvalue weighted by molar-refractivity contribution is -0.117. The maximum atomic E-state index is 11.7. The zero-order valence-electron chi connectivity index (χ0n) is 15.7. The minimum Gasteiger partial charge on any atom is -0.480 e. The summed E-state index contributed by atoms with van der Waals surface area (Å²) >= 11 is 0. The lowest BCUT2D eigenvalue weighted by Crippen LogP contribution is -2.21. The molecular weight excluding hydrogens is 358 g/mol. The highest BCUT2D eigenvalue weighted by molar-refractivity contribution is 7.85. The summed E-state index contributed by atoms with van der Waals surface area (Å²) in [4.78, 5) is 13.8. The molecule has 2 rings (SSSR count). The number of amides is 1. The summed E-state index contributed by atoms with van der Waals surface area (Å²) in [5.74, 6) is 0.0643. The molecule has 0 spiro atoms. The molecule has 0 saturated carbocycles. The number of anilines is 1. The average Bonchev–Trinajstić information content (AvgIpc) is 2.97. The van der Waals surface area contributed by atoms with Crippen LogP contribution in [-0.4, -0.2) is 55.9 Å². The average molecular weight is 385 g/mol. The van der Waals surface area contributed by atoms with Gasteiger partial charge in [-0.05, 0) is 50.8 Å². The first kappa shape index (κ1) is 22.1. The zero-order valence-corrected chi connectivity index (χ0v) is 16.5. The van der Waals surface area contributed by atoms with E-state index in [4.69, 9.17) is 9.29 Å². The van der Waals surface area contributed by atoms with E-state index in [1.165, 1.54) is 43.9 Å². The third-order valence-electron chi connectivity index (χ3n) is 3.78. The van der Waals surface area contributed by atoms with E-state index >= 15 is 0 Å². The highest BCUT2D eigenvalue weighted by atomic mass is 32.2. The second-order valence-corrected chi connectivity index (χ2v) is 6.82. The van der Waals surface area contributed by atoms with Crippen molar-refractivity contribution in [3.05, 3.63) is 24.3 Å². The van der Waals surface area contributed by atoms with Gasteiger partial charge in [-0.3, -0.25) is 9.35 Å². The van der Waals surface area contributed by atoms with Crippen LogP contribution in [-0.2, 0) is 19.6 Å². The number of hydrogen-bond donors (Lipinski definition) is 1. The number of benzene rings is 1. The van der Waals surface area contributed by atoms with Crippen molar-refractivity contribution in [1.82, 2.24) is 4.90 Å². The van der Waals surface area contributed by atoms with Crippen LogP contribution in [0.3, 0.4) is 0 Å². The summed E-state index contributed by atoms with van der Waals surface area (Å²) < 4.78 is 35.8. The van der Waals surface area contributed by atoms with Crippen molar-refractivity contribution < 1.29 is 22.5 Å². The van der Waals surface area contributed by atoms with Crippen LogP contribution in [0.1, 0.15) is 34.1 Å². The molecule has 1 heterocycles. The molecule has 1 N–H and O–H groups in total. The maximum Gasteiger partial charge on any atom is 0.294 e. The molecule has 0 radical (unpaired) electrons. The Hall–Kier alpha value is -1.97. The van der Waals surface area contributed by atoms with Gasteiger partial charge < -0.3 is 9.64 Å². The topological polar surface area (TPSA) is 99.5 Å². The van der Waals surface area contributed by atoms with E-state index in [1.54, 1.807) is 6.92 Å². The Morgan fingerprint density at radius 3 is 2.04 bits per heavy atom. The van der Waals surface area contributed by atoms with Crippen molar-refractivity contribution in [2.24, 2.45) is 5.10 Å². The predicted molar refractivity (Wildman–Crippen MR) is 101 cm³/mol. The van der Waals surface area contributed by atoms with Crippen LogP contribution in [0.5, 0.6) is 0 Å². The maximum absolute atomic E-state index is 11.7. The van der Waals surface area contributed by atoms with Gasteiger partial charge in [0.1, 0.15) is 6.42 Å². The van der Waals surface area contributed by atoms with E-state index in [2.05, 4.69) is 30.8 Å². The van der Waals surface area contributed by atoms with Gasteiger partial charge in [-0.25, -0.2) is 0 Å². The first-order valence-electron chi connectivity index (χ1n) is 8.59. The monoisotopic (exact) mass is 385 g/mol. The van der Waals surface area contributed by atoms with Crippen molar-refractivity contribution in [1.29, 1.82) is 0 Å². The van der Waals surface area contributed by atoms with E-state index in [0.717, 1.165) is 5.01 Å². The molecule has 0 saturated heterocycles. The Balaban J connectivity index is 0.000000412. The molecule has 1 aliphatic rings. The van der Waals surface area contributed by atoms with Gasteiger partial charge in [0.05, 0.1) is 17.2 Å². The summed E-state index contributed by atoms with van der Waals surface area (Å²) in [5.41, 5.74) is 0.409. The molecule has 1 aromatic carbocycles. The molecule has 146 valence electrons. The highest BCUT2D eigenvalue weighted by Crippen LogP contribution is 2.22. The van der Waals surface area contributed by atoms with Gasteiger partial charge in [0.15, 0.2) is 0 Å². The Morgan fingerprint density at radius 1 is 1.12 bits per heavy atom. The van der Waals surface area contributed by atoms with Gasteiger partial charge >= 0.3 is 0 Å². The summed E-state index contributed by atoms with van der Waals surface area (Å²) in [6, 6.07) is 5.18. The Morgan fingerprint density at radius 2 is 1.65 bits per heavy atom. The molecule has 9 heteroatoms. The van der Waals surface area contributed by atoms with Crippen LogP contribution in [0.2, 0.25) is 0 Å². The minimum absolute atomic E-state index is 0.0773. The Bertz CT molecular complexity index is 707. The van der Waals surface area contributed by atoms with Crippen LogP contribution in [0.15, 0.2) is 34.3 Å². The van der Waals surface area contributed by atoms with Crippen LogP contribution in [0.4, 0.5) is 5.69 Å². The fourth-order valence-corrected chi connectivity index (χ4v) is 2.77. The number of carbonyl (C=O) groups excluding carboxylic acids is 1. The van der Waals surface area contributed by atoms with Crippen molar-refractivity contribution >= 4 is 27.6 Å². The molecule has 8 nitrogen and oxygen atoms in total. The number of ether oxygens (including phenoxy) is 1. The van der Waals surface area contributed by atoms with Crippen molar-refractivity contribution in [2.75, 3.05) is 31.3 Å². The van der Waals surface area contributed by atoms with Crippen LogP contribution in [0, 0.1) is 0 Å². The number of nitrogens with zero attached hydrogens (tertiary/aromatic N) is 3. The molecule has 26 heavy (non-hydrogen) atoms. The first-order valence-corrected chi connectivity index (χ1v) is 10.0.